The molecule has 4 nitrogen and oxygen atoms in total. The first-order chi connectivity index (χ1) is 9.58. The van der Waals surface area contributed by atoms with Gasteiger partial charge in [0.1, 0.15) is 6.04 Å². The maximum absolute atomic E-state index is 10.9. The first kappa shape index (κ1) is 20.5. The van der Waals surface area contributed by atoms with Crippen molar-refractivity contribution in [2.45, 2.75) is 19.0 Å². The van der Waals surface area contributed by atoms with Crippen LogP contribution >= 0.6 is 35.6 Å². The molecule has 1 rings (SSSR count). The maximum atomic E-state index is 10.9. The van der Waals surface area contributed by atoms with Crippen molar-refractivity contribution in [1.29, 1.82) is 0 Å². The molecular formula is C14H21Cl3N2O2. The molecule has 3 N–H and O–H groups in total. The summed E-state index contributed by atoms with van der Waals surface area (Å²) < 4.78 is 0. The number of carboxylic acids is 1. The number of halogens is 3. The quantitative estimate of drug-likeness (QED) is 0.667. The standard InChI is InChI=1S/C14H20Cl2N2O2.ClH/c15-5-7-18(8-6-16)10-12-4-2-1-3-11(12)9-13(17)14(19)20;/h1-4,13H,5-10,17H2,(H,19,20);1H. The Morgan fingerprint density at radius 3 is 2.19 bits per heavy atom. The van der Waals surface area contributed by atoms with Gasteiger partial charge in [-0.1, -0.05) is 24.3 Å². The molecule has 0 saturated carbocycles. The number of alkyl halides is 2. The molecule has 0 fully saturated rings. The Kier molecular flexibility index (Phi) is 10.8. The van der Waals surface area contributed by atoms with E-state index in [0.29, 0.717) is 24.7 Å². The van der Waals surface area contributed by atoms with Crippen molar-refractivity contribution < 1.29 is 9.90 Å². The minimum atomic E-state index is -0.988. The van der Waals surface area contributed by atoms with Crippen LogP contribution in [0.25, 0.3) is 0 Å². The lowest BCUT2D eigenvalue weighted by Crippen LogP contribution is -2.33. The average molecular weight is 356 g/mol. The largest absolute Gasteiger partial charge is 0.480 e. The molecule has 0 aliphatic carbocycles. The Bertz CT molecular complexity index is 426. The Morgan fingerprint density at radius 1 is 1.19 bits per heavy atom. The lowest BCUT2D eigenvalue weighted by atomic mass is 10.00. The van der Waals surface area contributed by atoms with Gasteiger partial charge in [-0.15, -0.1) is 35.6 Å². The van der Waals surface area contributed by atoms with Crippen LogP contribution in [0.2, 0.25) is 0 Å². The number of rotatable bonds is 9. The molecule has 0 aliphatic rings. The molecule has 0 amide bonds. The van der Waals surface area contributed by atoms with Gasteiger partial charge in [0, 0.05) is 31.4 Å². The van der Waals surface area contributed by atoms with Crippen molar-refractivity contribution in [2.75, 3.05) is 24.8 Å². The normalized spacial score (nSPS) is 12.0. The Labute approximate surface area is 141 Å². The molecule has 1 aromatic carbocycles. The second kappa shape index (κ2) is 11.1. The van der Waals surface area contributed by atoms with Crippen molar-refractivity contribution in [3.05, 3.63) is 35.4 Å². The molecule has 0 aromatic heterocycles. The van der Waals surface area contributed by atoms with Crippen LogP contribution in [0.1, 0.15) is 11.1 Å². The molecule has 21 heavy (non-hydrogen) atoms. The summed E-state index contributed by atoms with van der Waals surface area (Å²) in [6.07, 6.45) is 0.321. The minimum Gasteiger partial charge on any atom is -0.480 e. The molecule has 1 aromatic rings. The molecule has 0 aliphatic heterocycles. The van der Waals surface area contributed by atoms with Crippen LogP contribution in [0.4, 0.5) is 0 Å². The summed E-state index contributed by atoms with van der Waals surface area (Å²) in [5, 5.41) is 8.91. The third kappa shape index (κ3) is 7.34. The van der Waals surface area contributed by atoms with Crippen LogP contribution in [0.3, 0.4) is 0 Å². The fourth-order valence-electron chi connectivity index (χ4n) is 1.98. The Morgan fingerprint density at radius 2 is 1.71 bits per heavy atom. The van der Waals surface area contributed by atoms with E-state index in [2.05, 4.69) is 4.90 Å². The summed E-state index contributed by atoms with van der Waals surface area (Å²) in [6, 6.07) is 6.84. The van der Waals surface area contributed by atoms with Gasteiger partial charge in [0.05, 0.1) is 0 Å². The van der Waals surface area contributed by atoms with Crippen LogP contribution in [-0.4, -0.2) is 46.9 Å². The van der Waals surface area contributed by atoms with E-state index in [4.69, 9.17) is 34.0 Å². The number of carbonyl (C=O) groups is 1. The van der Waals surface area contributed by atoms with Crippen LogP contribution < -0.4 is 5.73 Å². The maximum Gasteiger partial charge on any atom is 0.320 e. The predicted molar refractivity (Wildman–Crippen MR) is 89.7 cm³/mol. The first-order valence-corrected chi connectivity index (χ1v) is 7.54. The molecule has 0 saturated heterocycles. The van der Waals surface area contributed by atoms with E-state index in [1.807, 2.05) is 24.3 Å². The van der Waals surface area contributed by atoms with Gasteiger partial charge < -0.3 is 10.8 Å². The van der Waals surface area contributed by atoms with E-state index in [0.717, 1.165) is 24.2 Å². The molecule has 0 spiro atoms. The number of nitrogens with zero attached hydrogens (tertiary/aromatic N) is 1. The van der Waals surface area contributed by atoms with Gasteiger partial charge in [0.25, 0.3) is 0 Å². The van der Waals surface area contributed by atoms with Crippen molar-refractivity contribution in [2.24, 2.45) is 5.73 Å². The van der Waals surface area contributed by atoms with Crippen molar-refractivity contribution in [3.8, 4) is 0 Å². The highest BCUT2D eigenvalue weighted by Gasteiger charge is 2.15. The molecule has 1 atom stereocenters. The molecule has 120 valence electrons. The highest BCUT2D eigenvalue weighted by molar-refractivity contribution is 6.18. The third-order valence-electron chi connectivity index (χ3n) is 3.07. The van der Waals surface area contributed by atoms with E-state index >= 15 is 0 Å². The number of nitrogens with two attached hydrogens (primary N) is 1. The van der Waals surface area contributed by atoms with Gasteiger partial charge in [-0.05, 0) is 17.5 Å². The van der Waals surface area contributed by atoms with Gasteiger partial charge >= 0.3 is 5.97 Å². The van der Waals surface area contributed by atoms with Gasteiger partial charge in [-0.25, -0.2) is 0 Å². The second-order valence-corrected chi connectivity index (χ2v) is 5.33. The van der Waals surface area contributed by atoms with E-state index in [9.17, 15) is 4.79 Å². The Hall–Kier alpha value is -0.520. The number of aliphatic carboxylic acids is 1. The fourth-order valence-corrected chi connectivity index (χ4v) is 2.46. The number of benzene rings is 1. The summed E-state index contributed by atoms with van der Waals surface area (Å²) in [5.74, 6) is 0.0830. The minimum absolute atomic E-state index is 0. The van der Waals surface area contributed by atoms with E-state index in [-0.39, 0.29) is 12.4 Å². The van der Waals surface area contributed by atoms with Crippen molar-refractivity contribution in [1.82, 2.24) is 4.90 Å². The van der Waals surface area contributed by atoms with E-state index in [1.54, 1.807) is 0 Å². The zero-order chi connectivity index (χ0) is 15.0. The lowest BCUT2D eigenvalue weighted by Gasteiger charge is -2.22. The molecule has 0 bridgehead atoms. The molecule has 0 heterocycles. The first-order valence-electron chi connectivity index (χ1n) is 6.48. The van der Waals surface area contributed by atoms with Gasteiger partial charge in [0.15, 0.2) is 0 Å². The van der Waals surface area contributed by atoms with Crippen LogP contribution in [0, 0.1) is 0 Å². The highest BCUT2D eigenvalue weighted by Crippen LogP contribution is 2.14. The topological polar surface area (TPSA) is 66.6 Å². The zero-order valence-electron chi connectivity index (χ0n) is 11.7. The Balaban J connectivity index is 0.00000400. The van der Waals surface area contributed by atoms with Crippen molar-refractivity contribution in [3.63, 3.8) is 0 Å². The monoisotopic (exact) mass is 354 g/mol. The van der Waals surface area contributed by atoms with Gasteiger partial charge in [-0.3, -0.25) is 9.69 Å². The zero-order valence-corrected chi connectivity index (χ0v) is 14.0. The summed E-state index contributed by atoms with van der Waals surface area (Å²) in [7, 11) is 0. The summed E-state index contributed by atoms with van der Waals surface area (Å²) in [4.78, 5) is 13.0. The number of carboxylic acid groups (broad SMARTS) is 1. The average Bonchev–Trinajstić information content (AvgIpc) is 2.41. The van der Waals surface area contributed by atoms with E-state index < -0.39 is 12.0 Å². The number of hydrogen-bond acceptors (Lipinski definition) is 3. The van der Waals surface area contributed by atoms with Gasteiger partial charge in [0.2, 0.25) is 0 Å². The molecular weight excluding hydrogens is 335 g/mol. The number of hydrogen-bond donors (Lipinski definition) is 2. The third-order valence-corrected chi connectivity index (χ3v) is 3.41. The van der Waals surface area contributed by atoms with Crippen LogP contribution in [-0.2, 0) is 17.8 Å². The summed E-state index contributed by atoms with van der Waals surface area (Å²) in [6.45, 7) is 2.18. The van der Waals surface area contributed by atoms with Crippen LogP contribution in [0.5, 0.6) is 0 Å². The van der Waals surface area contributed by atoms with E-state index in [1.165, 1.54) is 0 Å². The smallest absolute Gasteiger partial charge is 0.320 e. The molecule has 1 unspecified atom stereocenters. The highest BCUT2D eigenvalue weighted by atomic mass is 35.5. The van der Waals surface area contributed by atoms with Gasteiger partial charge in [-0.2, -0.15) is 0 Å². The van der Waals surface area contributed by atoms with Crippen LogP contribution in [0.15, 0.2) is 24.3 Å². The summed E-state index contributed by atoms with van der Waals surface area (Å²) in [5.41, 5.74) is 7.63. The fraction of sp³-hybridized carbons (Fsp3) is 0.500. The van der Waals surface area contributed by atoms with Crippen molar-refractivity contribution >= 4 is 41.6 Å². The summed E-state index contributed by atoms with van der Waals surface area (Å²) >= 11 is 11.6. The second-order valence-electron chi connectivity index (χ2n) is 4.57. The molecule has 0 radical (unpaired) electrons. The SMILES string of the molecule is Cl.NC(Cc1ccccc1CN(CCCl)CCCl)C(=O)O. The predicted octanol–water partition coefficient (Wildman–Crippen LogP) is 2.34. The molecule has 7 heteroatoms. The lowest BCUT2D eigenvalue weighted by molar-refractivity contribution is -0.138.